The van der Waals surface area contributed by atoms with E-state index in [9.17, 15) is 9.59 Å². The Hall–Kier alpha value is -2.93. The number of carbonyl (C=O) groups is 2. The maximum absolute atomic E-state index is 12.8. The molecule has 0 saturated carbocycles. The van der Waals surface area contributed by atoms with E-state index in [2.05, 4.69) is 4.98 Å². The van der Waals surface area contributed by atoms with E-state index < -0.39 is 5.60 Å². The number of amides is 2. The van der Waals surface area contributed by atoms with E-state index in [1.165, 1.54) is 0 Å². The van der Waals surface area contributed by atoms with Gasteiger partial charge in [0, 0.05) is 31.0 Å². The van der Waals surface area contributed by atoms with Gasteiger partial charge in [0.2, 0.25) is 5.88 Å². The molecule has 2 fully saturated rings. The van der Waals surface area contributed by atoms with Crippen molar-refractivity contribution in [2.45, 2.75) is 25.4 Å². The van der Waals surface area contributed by atoms with Gasteiger partial charge >= 0.3 is 0 Å². The summed E-state index contributed by atoms with van der Waals surface area (Å²) in [4.78, 5) is 33.0. The number of aromatic nitrogens is 1. The van der Waals surface area contributed by atoms with Gasteiger partial charge in [-0.2, -0.15) is 0 Å². The highest BCUT2D eigenvalue weighted by Gasteiger charge is 2.43. The minimum Gasteiger partial charge on any atom is -0.478 e. The summed E-state index contributed by atoms with van der Waals surface area (Å²) in [5, 5.41) is 0. The number of para-hydroxylation sites is 1. The molecule has 3 heterocycles. The number of rotatable bonds is 4. The van der Waals surface area contributed by atoms with E-state index in [4.69, 9.17) is 9.47 Å². The van der Waals surface area contributed by atoms with Gasteiger partial charge in [0.15, 0.2) is 0 Å². The molecule has 2 aromatic rings. The SMILES string of the molecule is CCOc1ccc(C(=O)N2CCC3(CC2)CN(c2ccccc2)C(=O)CO3)cn1. The molecule has 1 spiro atoms. The summed E-state index contributed by atoms with van der Waals surface area (Å²) in [6.07, 6.45) is 2.95. The molecular weight excluding hydrogens is 370 g/mol. The molecule has 7 heteroatoms. The van der Waals surface area contributed by atoms with Crippen molar-refractivity contribution in [3.05, 3.63) is 54.2 Å². The molecule has 2 aliphatic rings. The molecular formula is C22H25N3O4. The predicted molar refractivity (Wildman–Crippen MR) is 108 cm³/mol. The van der Waals surface area contributed by atoms with Gasteiger partial charge in [0.1, 0.15) is 6.61 Å². The lowest BCUT2D eigenvalue weighted by atomic mass is 9.88. The number of hydrogen-bond donors (Lipinski definition) is 0. The summed E-state index contributed by atoms with van der Waals surface area (Å²) in [5.41, 5.74) is 1.03. The average Bonchev–Trinajstić information content (AvgIpc) is 2.77. The number of ether oxygens (including phenoxy) is 2. The van der Waals surface area contributed by atoms with Crippen LogP contribution in [0, 0.1) is 0 Å². The highest BCUT2D eigenvalue weighted by Crippen LogP contribution is 2.33. The summed E-state index contributed by atoms with van der Waals surface area (Å²) in [5.74, 6) is 0.450. The zero-order chi connectivity index (χ0) is 20.3. The number of anilines is 1. The molecule has 7 nitrogen and oxygen atoms in total. The first-order chi connectivity index (χ1) is 14.1. The van der Waals surface area contributed by atoms with E-state index in [1.54, 1.807) is 23.2 Å². The normalized spacial score (nSPS) is 18.7. The first-order valence-corrected chi connectivity index (χ1v) is 9.98. The van der Waals surface area contributed by atoms with Crippen LogP contribution in [0.25, 0.3) is 0 Å². The first-order valence-electron chi connectivity index (χ1n) is 9.98. The topological polar surface area (TPSA) is 72.0 Å². The van der Waals surface area contributed by atoms with Crippen molar-refractivity contribution in [3.8, 4) is 5.88 Å². The zero-order valence-electron chi connectivity index (χ0n) is 16.5. The van der Waals surface area contributed by atoms with Gasteiger partial charge in [0.25, 0.3) is 11.8 Å². The van der Waals surface area contributed by atoms with Crippen LogP contribution < -0.4 is 9.64 Å². The lowest BCUT2D eigenvalue weighted by Crippen LogP contribution is -2.59. The Labute approximate surface area is 170 Å². The van der Waals surface area contributed by atoms with Gasteiger partial charge < -0.3 is 19.3 Å². The largest absolute Gasteiger partial charge is 0.478 e. The van der Waals surface area contributed by atoms with E-state index in [1.807, 2.05) is 42.2 Å². The van der Waals surface area contributed by atoms with Crippen molar-refractivity contribution < 1.29 is 19.1 Å². The van der Waals surface area contributed by atoms with Crippen molar-refractivity contribution in [3.63, 3.8) is 0 Å². The number of likely N-dealkylation sites (tertiary alicyclic amines) is 1. The minimum atomic E-state index is -0.405. The zero-order valence-corrected chi connectivity index (χ0v) is 16.5. The van der Waals surface area contributed by atoms with Crippen molar-refractivity contribution in [2.24, 2.45) is 0 Å². The van der Waals surface area contributed by atoms with Crippen molar-refractivity contribution in [1.82, 2.24) is 9.88 Å². The minimum absolute atomic E-state index is 0.0270. The molecule has 2 amide bonds. The van der Waals surface area contributed by atoms with Crippen LogP contribution in [0.2, 0.25) is 0 Å². The van der Waals surface area contributed by atoms with Gasteiger partial charge in [-0.05, 0) is 38.0 Å². The molecule has 0 unspecified atom stereocenters. The number of nitrogens with zero attached hydrogens (tertiary/aromatic N) is 3. The molecule has 2 aliphatic heterocycles. The lowest BCUT2D eigenvalue weighted by molar-refractivity contribution is -0.143. The number of piperidine rings is 1. The monoisotopic (exact) mass is 395 g/mol. The summed E-state index contributed by atoms with van der Waals surface area (Å²) >= 11 is 0. The Bertz CT molecular complexity index is 861. The third-order valence-electron chi connectivity index (χ3n) is 5.55. The highest BCUT2D eigenvalue weighted by atomic mass is 16.5. The Morgan fingerprint density at radius 1 is 1.17 bits per heavy atom. The second kappa shape index (κ2) is 8.21. The number of pyridine rings is 1. The van der Waals surface area contributed by atoms with Crippen LogP contribution in [0.1, 0.15) is 30.1 Å². The van der Waals surface area contributed by atoms with Crippen molar-refractivity contribution in [1.29, 1.82) is 0 Å². The molecule has 0 atom stereocenters. The quantitative estimate of drug-likeness (QED) is 0.796. The number of hydrogen-bond acceptors (Lipinski definition) is 5. The van der Waals surface area contributed by atoms with Gasteiger partial charge in [-0.25, -0.2) is 4.98 Å². The molecule has 0 N–H and O–H groups in total. The molecule has 29 heavy (non-hydrogen) atoms. The van der Waals surface area contributed by atoms with Crippen molar-refractivity contribution in [2.75, 3.05) is 37.7 Å². The van der Waals surface area contributed by atoms with E-state index in [0.29, 0.717) is 50.5 Å². The number of benzene rings is 1. The second-order valence-corrected chi connectivity index (χ2v) is 7.40. The molecule has 0 bridgehead atoms. The van der Waals surface area contributed by atoms with Gasteiger partial charge in [-0.15, -0.1) is 0 Å². The summed E-state index contributed by atoms with van der Waals surface area (Å²) in [7, 11) is 0. The van der Waals surface area contributed by atoms with Crippen LogP contribution in [0.15, 0.2) is 48.7 Å². The fourth-order valence-corrected chi connectivity index (χ4v) is 3.90. The molecule has 1 aromatic heterocycles. The standard InChI is InChI=1S/C22H25N3O4/c1-2-28-19-9-8-17(14-23-19)21(27)24-12-10-22(11-13-24)16-25(20(26)15-29-22)18-6-4-3-5-7-18/h3-9,14H,2,10-13,15-16H2,1H3. The van der Waals surface area contributed by atoms with Gasteiger partial charge in [-0.1, -0.05) is 18.2 Å². The molecule has 0 radical (unpaired) electrons. The van der Waals surface area contributed by atoms with Crippen LogP contribution in [0.3, 0.4) is 0 Å². The van der Waals surface area contributed by atoms with Crippen molar-refractivity contribution >= 4 is 17.5 Å². The fourth-order valence-electron chi connectivity index (χ4n) is 3.90. The van der Waals surface area contributed by atoms with Gasteiger partial charge in [-0.3, -0.25) is 9.59 Å². The molecule has 2 saturated heterocycles. The maximum atomic E-state index is 12.8. The predicted octanol–water partition coefficient (Wildman–Crippen LogP) is 2.52. The third-order valence-corrected chi connectivity index (χ3v) is 5.55. The second-order valence-electron chi connectivity index (χ2n) is 7.40. The summed E-state index contributed by atoms with van der Waals surface area (Å²) in [6, 6.07) is 13.1. The first kappa shape index (κ1) is 19.4. The van der Waals surface area contributed by atoms with Crippen LogP contribution in [-0.4, -0.2) is 60.1 Å². The van der Waals surface area contributed by atoms with Crippen LogP contribution in [0.5, 0.6) is 5.88 Å². The van der Waals surface area contributed by atoms with E-state index in [-0.39, 0.29) is 18.4 Å². The molecule has 0 aliphatic carbocycles. The molecule has 1 aromatic carbocycles. The Kier molecular flexibility index (Phi) is 5.49. The van der Waals surface area contributed by atoms with Crippen LogP contribution in [-0.2, 0) is 9.53 Å². The van der Waals surface area contributed by atoms with Crippen LogP contribution in [0.4, 0.5) is 5.69 Å². The summed E-state index contributed by atoms with van der Waals surface area (Å²) < 4.78 is 11.3. The number of carbonyl (C=O) groups excluding carboxylic acids is 2. The van der Waals surface area contributed by atoms with Gasteiger partial charge in [0.05, 0.1) is 24.3 Å². The number of morpholine rings is 1. The van der Waals surface area contributed by atoms with Crippen LogP contribution >= 0.6 is 0 Å². The third kappa shape index (κ3) is 4.10. The van der Waals surface area contributed by atoms with E-state index in [0.717, 1.165) is 5.69 Å². The lowest BCUT2D eigenvalue weighted by Gasteiger charge is -2.47. The molecule has 152 valence electrons. The van der Waals surface area contributed by atoms with E-state index >= 15 is 0 Å². The Balaban J connectivity index is 1.40. The Morgan fingerprint density at radius 2 is 1.93 bits per heavy atom. The molecule has 4 rings (SSSR count). The smallest absolute Gasteiger partial charge is 0.255 e. The highest BCUT2D eigenvalue weighted by molar-refractivity contribution is 5.95. The summed E-state index contributed by atoms with van der Waals surface area (Å²) in [6.45, 7) is 4.20. The Morgan fingerprint density at radius 3 is 2.59 bits per heavy atom. The average molecular weight is 395 g/mol. The maximum Gasteiger partial charge on any atom is 0.255 e. The fraction of sp³-hybridized carbons (Fsp3) is 0.409.